The minimum atomic E-state index is -4.57. The third kappa shape index (κ3) is 6.55. The Kier molecular flexibility index (Phi) is 8.71. The van der Waals surface area contributed by atoms with Crippen LogP contribution < -0.4 is 10.0 Å². The lowest BCUT2D eigenvalue weighted by molar-refractivity contribution is -0.383. The topological polar surface area (TPSA) is 78.7 Å². The molecule has 6 nitrogen and oxygen atoms in total. The Hall–Kier alpha value is -1.87. The van der Waals surface area contributed by atoms with E-state index in [-0.39, 0.29) is 21.8 Å². The van der Waals surface area contributed by atoms with Gasteiger partial charge in [-0.1, -0.05) is 25.4 Å². The van der Waals surface area contributed by atoms with Crippen molar-refractivity contribution in [3.63, 3.8) is 0 Å². The number of ether oxygens (including phenoxy) is 1. The van der Waals surface area contributed by atoms with Crippen molar-refractivity contribution in [2.24, 2.45) is 0 Å². The zero-order chi connectivity index (χ0) is 23.3. The molecule has 2 aromatic rings. The highest BCUT2D eigenvalue weighted by molar-refractivity contribution is 7.99. The van der Waals surface area contributed by atoms with Crippen LogP contribution in [0.15, 0.2) is 30.3 Å². The van der Waals surface area contributed by atoms with Crippen molar-refractivity contribution in [1.29, 1.82) is 0 Å². The lowest BCUT2D eigenvalue weighted by atomic mass is 10.1. The van der Waals surface area contributed by atoms with Gasteiger partial charge in [0, 0.05) is 17.7 Å². The minimum absolute atomic E-state index is 0.0739. The Balaban J connectivity index is 2.48. The number of alkyl halides is 3. The molecule has 0 aliphatic heterocycles. The molecule has 2 unspecified atom stereocenters. The average molecular weight is 497 g/mol. The van der Waals surface area contributed by atoms with E-state index >= 15 is 0 Å². The van der Waals surface area contributed by atoms with Gasteiger partial charge in [0.2, 0.25) is 0 Å². The van der Waals surface area contributed by atoms with Gasteiger partial charge in [-0.3, -0.25) is 10.1 Å². The summed E-state index contributed by atoms with van der Waals surface area (Å²) in [7, 11) is -2.59. The molecule has 0 N–H and O–H groups in total. The zero-order valence-electron chi connectivity index (χ0n) is 16.7. The number of hydrogen-bond acceptors (Lipinski definition) is 6. The fourth-order valence-corrected chi connectivity index (χ4v) is 4.71. The summed E-state index contributed by atoms with van der Waals surface area (Å²) in [6, 6.07) is 5.03. The molecular weight excluding hydrogens is 478 g/mol. The lowest BCUT2D eigenvalue weighted by Crippen LogP contribution is -2.11. The highest BCUT2D eigenvalue weighted by Gasteiger charge is 2.37. The molecule has 0 fully saturated rings. The molecule has 0 heterocycles. The van der Waals surface area contributed by atoms with Crippen molar-refractivity contribution in [2.75, 3.05) is 5.75 Å². The predicted molar refractivity (Wildman–Crippen MR) is 115 cm³/mol. The van der Waals surface area contributed by atoms with Crippen LogP contribution in [-0.4, -0.2) is 16.1 Å². The molecule has 2 rings (SSSR count). The van der Waals surface area contributed by atoms with Crippen molar-refractivity contribution in [3.8, 4) is 11.5 Å². The Morgan fingerprint density at radius 3 is 2.42 bits per heavy atom. The number of nitro benzene ring substituents is 1. The quantitative estimate of drug-likeness (QED) is 0.159. The van der Waals surface area contributed by atoms with E-state index in [0.717, 1.165) is 18.2 Å². The van der Waals surface area contributed by atoms with E-state index in [2.05, 4.69) is 0 Å². The molecule has 0 radical (unpaired) electrons. The SMILES string of the molecule is CCSC(C)O[P+](=O)c1cc(Oc2ccc(C(F)(F)F)cc2Cl)c(CC)cc1[N+](=O)[O-]. The van der Waals surface area contributed by atoms with Gasteiger partial charge in [-0.05, 0) is 41.9 Å². The summed E-state index contributed by atoms with van der Waals surface area (Å²) in [4.78, 5) is 10.8. The van der Waals surface area contributed by atoms with E-state index in [1.165, 1.54) is 23.9 Å². The van der Waals surface area contributed by atoms with Crippen LogP contribution >= 0.6 is 31.4 Å². The van der Waals surface area contributed by atoms with Gasteiger partial charge in [-0.2, -0.15) is 13.2 Å². The summed E-state index contributed by atoms with van der Waals surface area (Å²) in [5.74, 6) is 0.713. The van der Waals surface area contributed by atoms with Crippen LogP contribution in [0.5, 0.6) is 11.5 Å². The summed E-state index contributed by atoms with van der Waals surface area (Å²) >= 11 is 7.32. The number of aryl methyl sites for hydroxylation is 1. The summed E-state index contributed by atoms with van der Waals surface area (Å²) in [5, 5.41) is 11.0. The van der Waals surface area contributed by atoms with Crippen LogP contribution in [0.3, 0.4) is 0 Å². The van der Waals surface area contributed by atoms with Gasteiger partial charge in [0.15, 0.2) is 5.44 Å². The Bertz CT molecular complexity index is 990. The van der Waals surface area contributed by atoms with E-state index in [1.54, 1.807) is 13.8 Å². The fraction of sp³-hybridized carbons (Fsp3) is 0.368. The molecule has 0 bridgehead atoms. The molecule has 168 valence electrons. The number of thioether (sulfide) groups is 1. The number of nitrogens with zero attached hydrogens (tertiary/aromatic N) is 1. The number of hydrogen-bond donors (Lipinski definition) is 0. The first-order valence-electron chi connectivity index (χ1n) is 9.09. The second-order valence-electron chi connectivity index (χ2n) is 6.19. The molecule has 2 atom stereocenters. The third-order valence-electron chi connectivity index (χ3n) is 4.06. The van der Waals surface area contributed by atoms with Gasteiger partial charge in [-0.25, -0.2) is 0 Å². The molecular formula is C19H19ClF3NO5PS+. The standard InChI is InChI=1S/C19H19ClF3NO5PS/c1-4-12-8-15(24(25)26)18(30(27)29-11(3)31-5-2)10-17(12)28-16-7-6-13(9-14(16)20)19(21,22)23/h6-11H,4-5H2,1-3H3/q+1. The summed E-state index contributed by atoms with van der Waals surface area (Å²) in [5.41, 5.74) is -1.40. The summed E-state index contributed by atoms with van der Waals surface area (Å²) < 4.78 is 62.3. The monoisotopic (exact) mass is 496 g/mol. The van der Waals surface area contributed by atoms with Crippen LogP contribution in [0.4, 0.5) is 18.9 Å². The first kappa shape index (κ1) is 25.4. The van der Waals surface area contributed by atoms with Crippen molar-refractivity contribution in [3.05, 3.63) is 56.6 Å². The molecule has 2 aromatic carbocycles. The molecule has 0 saturated carbocycles. The molecule has 0 aliphatic rings. The maximum Gasteiger partial charge on any atom is 0.557 e. The summed E-state index contributed by atoms with van der Waals surface area (Å²) in [6.07, 6.45) is -4.26. The van der Waals surface area contributed by atoms with Gasteiger partial charge < -0.3 is 4.74 Å². The van der Waals surface area contributed by atoms with E-state index < -0.39 is 35.8 Å². The van der Waals surface area contributed by atoms with Crippen LogP contribution in [0.1, 0.15) is 31.9 Å². The molecule has 0 amide bonds. The normalized spacial score (nSPS) is 13.1. The van der Waals surface area contributed by atoms with E-state index in [1.807, 2.05) is 6.92 Å². The van der Waals surface area contributed by atoms with Crippen molar-refractivity contribution < 1.29 is 31.9 Å². The minimum Gasteiger partial charge on any atom is -0.455 e. The number of halogens is 4. The van der Waals surface area contributed by atoms with E-state index in [9.17, 15) is 27.9 Å². The molecule has 0 spiro atoms. The zero-order valence-corrected chi connectivity index (χ0v) is 19.2. The largest absolute Gasteiger partial charge is 0.557 e. The van der Waals surface area contributed by atoms with Gasteiger partial charge in [-0.15, -0.1) is 16.3 Å². The smallest absolute Gasteiger partial charge is 0.455 e. The molecule has 0 aliphatic carbocycles. The van der Waals surface area contributed by atoms with Crippen molar-refractivity contribution in [1.82, 2.24) is 0 Å². The Morgan fingerprint density at radius 2 is 1.90 bits per heavy atom. The van der Waals surface area contributed by atoms with Gasteiger partial charge in [0.25, 0.3) is 0 Å². The van der Waals surface area contributed by atoms with Crippen LogP contribution in [0.2, 0.25) is 5.02 Å². The van der Waals surface area contributed by atoms with Crippen LogP contribution in [-0.2, 0) is 21.7 Å². The first-order valence-corrected chi connectivity index (χ1v) is 11.7. The number of benzene rings is 2. The van der Waals surface area contributed by atoms with E-state index in [4.69, 9.17) is 20.9 Å². The average Bonchev–Trinajstić information content (AvgIpc) is 2.68. The number of rotatable bonds is 9. The third-order valence-corrected chi connectivity index (χ3v) is 6.65. The lowest BCUT2D eigenvalue weighted by Gasteiger charge is -2.13. The van der Waals surface area contributed by atoms with Gasteiger partial charge >= 0.3 is 25.2 Å². The fourth-order valence-electron chi connectivity index (χ4n) is 2.60. The molecule has 12 heteroatoms. The van der Waals surface area contributed by atoms with E-state index in [0.29, 0.717) is 17.7 Å². The second kappa shape index (κ2) is 10.6. The molecule has 0 saturated heterocycles. The maximum absolute atomic E-state index is 12.9. The summed E-state index contributed by atoms with van der Waals surface area (Å²) in [6.45, 7) is 5.28. The van der Waals surface area contributed by atoms with Gasteiger partial charge in [0.05, 0.1) is 15.5 Å². The Morgan fingerprint density at radius 1 is 1.23 bits per heavy atom. The maximum atomic E-state index is 12.9. The van der Waals surface area contributed by atoms with Gasteiger partial charge in [0.1, 0.15) is 11.5 Å². The highest BCUT2D eigenvalue weighted by Crippen LogP contribution is 2.40. The van der Waals surface area contributed by atoms with Crippen molar-refractivity contribution >= 4 is 42.4 Å². The van der Waals surface area contributed by atoms with Crippen LogP contribution in [0.25, 0.3) is 0 Å². The molecule has 0 aromatic heterocycles. The predicted octanol–water partition coefficient (Wildman–Crippen LogP) is 7.11. The second-order valence-corrected chi connectivity index (χ2v) is 9.38. The van der Waals surface area contributed by atoms with Crippen LogP contribution in [0, 0.1) is 10.1 Å². The highest BCUT2D eigenvalue weighted by atomic mass is 35.5. The number of nitro groups is 1. The Labute approximate surface area is 187 Å². The van der Waals surface area contributed by atoms with Crippen molar-refractivity contribution in [2.45, 2.75) is 38.8 Å². The molecule has 31 heavy (non-hydrogen) atoms. The first-order chi connectivity index (χ1) is 14.5.